The average Bonchev–Trinajstić information content (AvgIpc) is 3.35. The quantitative estimate of drug-likeness (QED) is 0.156. The first kappa shape index (κ1) is 33.1. The molecule has 0 saturated carbocycles. The lowest BCUT2D eigenvalue weighted by Gasteiger charge is -2.17. The molecule has 0 fully saturated rings. The number of benzene rings is 4. The molecular formula is C36H35FN4O5S. The summed E-state index contributed by atoms with van der Waals surface area (Å²) in [5, 5.41) is 9.16. The van der Waals surface area contributed by atoms with Crippen LogP contribution in [0.1, 0.15) is 53.6 Å². The van der Waals surface area contributed by atoms with E-state index in [0.29, 0.717) is 39.9 Å². The Kier molecular flexibility index (Phi) is 9.30. The van der Waals surface area contributed by atoms with Gasteiger partial charge in [-0.25, -0.2) is 12.8 Å². The third kappa shape index (κ3) is 8.30. The summed E-state index contributed by atoms with van der Waals surface area (Å²) < 4.78 is 39.9. The molecule has 3 N–H and O–H groups in total. The first-order valence-electron chi connectivity index (χ1n) is 14.9. The summed E-state index contributed by atoms with van der Waals surface area (Å²) in [6.45, 7) is 6.02. The second-order valence-corrected chi connectivity index (χ2v) is 14.6. The average molecular weight is 655 g/mol. The smallest absolute Gasteiger partial charge is 0.272 e. The van der Waals surface area contributed by atoms with Gasteiger partial charge >= 0.3 is 0 Å². The maximum absolute atomic E-state index is 14.7. The zero-order valence-corrected chi connectivity index (χ0v) is 27.2. The normalized spacial score (nSPS) is 11.7. The lowest BCUT2D eigenvalue weighted by atomic mass is 9.92. The van der Waals surface area contributed by atoms with Gasteiger partial charge in [0, 0.05) is 51.8 Å². The molecule has 242 valence electrons. The van der Waals surface area contributed by atoms with Crippen molar-refractivity contribution in [1.82, 2.24) is 4.57 Å². The van der Waals surface area contributed by atoms with Crippen LogP contribution in [-0.4, -0.2) is 37.0 Å². The Labute approximate surface area is 272 Å². The number of aromatic nitrogens is 1. The summed E-state index contributed by atoms with van der Waals surface area (Å²) in [5.74, 6) is -1.47. The lowest BCUT2D eigenvalue weighted by Crippen LogP contribution is -2.19. The molecule has 0 spiro atoms. The van der Waals surface area contributed by atoms with Crippen molar-refractivity contribution in [3.05, 3.63) is 120 Å². The maximum atomic E-state index is 14.7. The SMILES string of the molecule is CC(C)(C)CC(=O)Nc1ccc2c(c1)cc(C(=O)Nc1cccc(C(=O)Nc3ccc(S(C)(=O)=O)cc3)c1)n2Cc1ccccc1F. The van der Waals surface area contributed by atoms with Crippen LogP contribution >= 0.6 is 0 Å². The third-order valence-corrected chi connectivity index (χ3v) is 8.45. The fourth-order valence-corrected chi connectivity index (χ4v) is 5.74. The van der Waals surface area contributed by atoms with Crippen molar-refractivity contribution in [3.63, 3.8) is 0 Å². The van der Waals surface area contributed by atoms with E-state index < -0.39 is 27.5 Å². The van der Waals surface area contributed by atoms with E-state index in [4.69, 9.17) is 0 Å². The van der Waals surface area contributed by atoms with Gasteiger partial charge < -0.3 is 20.5 Å². The number of sulfone groups is 1. The minimum atomic E-state index is -3.38. The van der Waals surface area contributed by atoms with Gasteiger partial charge in [-0.3, -0.25) is 14.4 Å². The van der Waals surface area contributed by atoms with Gasteiger partial charge in [-0.05, 0) is 78.2 Å². The molecule has 0 aliphatic carbocycles. The number of anilines is 3. The van der Waals surface area contributed by atoms with Gasteiger partial charge in [-0.1, -0.05) is 45.0 Å². The van der Waals surface area contributed by atoms with Crippen molar-refractivity contribution in [2.24, 2.45) is 5.41 Å². The predicted molar refractivity (Wildman–Crippen MR) is 182 cm³/mol. The standard InChI is InChI=1S/C36H35FN4O5S/c1-36(2,3)21-33(42)38-28-14-17-31-25(19-28)20-32(41(31)22-24-8-5-6-11-30(24)37)35(44)40-27-10-7-9-23(18-27)34(43)39-26-12-15-29(16-13-26)47(4,45)46/h5-20H,21-22H2,1-4H3,(H,38,42)(H,39,43)(H,40,44). The number of rotatable bonds is 9. The number of carbonyl (C=O) groups is 3. The van der Waals surface area contributed by atoms with Crippen LogP contribution in [0.15, 0.2) is 102 Å². The molecule has 0 radical (unpaired) electrons. The zero-order chi connectivity index (χ0) is 33.9. The minimum Gasteiger partial charge on any atom is -0.332 e. The largest absolute Gasteiger partial charge is 0.332 e. The van der Waals surface area contributed by atoms with E-state index >= 15 is 0 Å². The van der Waals surface area contributed by atoms with Crippen molar-refractivity contribution in [2.75, 3.05) is 22.2 Å². The Morgan fingerprint density at radius 3 is 2.09 bits per heavy atom. The van der Waals surface area contributed by atoms with Gasteiger partial charge in [0.25, 0.3) is 11.8 Å². The molecule has 1 aromatic heterocycles. The van der Waals surface area contributed by atoms with Gasteiger partial charge in [0.2, 0.25) is 5.91 Å². The van der Waals surface area contributed by atoms with E-state index in [0.717, 1.165) is 6.26 Å². The molecule has 9 nitrogen and oxygen atoms in total. The molecule has 0 aliphatic heterocycles. The highest BCUT2D eigenvalue weighted by atomic mass is 32.2. The van der Waals surface area contributed by atoms with Crippen LogP contribution in [0, 0.1) is 11.2 Å². The number of amides is 3. The van der Waals surface area contributed by atoms with Crippen LogP contribution in [0.4, 0.5) is 21.5 Å². The van der Waals surface area contributed by atoms with Gasteiger partial charge in [-0.2, -0.15) is 0 Å². The Morgan fingerprint density at radius 1 is 0.745 bits per heavy atom. The number of hydrogen-bond acceptors (Lipinski definition) is 5. The van der Waals surface area contributed by atoms with Crippen molar-refractivity contribution in [1.29, 1.82) is 0 Å². The molecule has 5 aromatic rings. The molecular weight excluding hydrogens is 619 g/mol. The number of halogens is 1. The fraction of sp³-hybridized carbons (Fsp3) is 0.194. The van der Waals surface area contributed by atoms with Crippen LogP contribution < -0.4 is 16.0 Å². The zero-order valence-electron chi connectivity index (χ0n) is 26.4. The highest BCUT2D eigenvalue weighted by molar-refractivity contribution is 7.90. The molecule has 0 atom stereocenters. The number of hydrogen-bond donors (Lipinski definition) is 3. The van der Waals surface area contributed by atoms with E-state index in [9.17, 15) is 27.2 Å². The lowest BCUT2D eigenvalue weighted by molar-refractivity contribution is -0.117. The van der Waals surface area contributed by atoms with Gasteiger partial charge in [0.05, 0.1) is 11.4 Å². The van der Waals surface area contributed by atoms with Crippen LogP contribution in [0.2, 0.25) is 0 Å². The molecule has 47 heavy (non-hydrogen) atoms. The number of fused-ring (bicyclic) bond motifs is 1. The molecule has 0 saturated heterocycles. The van der Waals surface area contributed by atoms with Crippen molar-refractivity contribution in [2.45, 2.75) is 38.6 Å². The van der Waals surface area contributed by atoms with Gasteiger partial charge in [0.1, 0.15) is 11.5 Å². The highest BCUT2D eigenvalue weighted by Crippen LogP contribution is 2.27. The Bertz CT molecular complexity index is 2100. The van der Waals surface area contributed by atoms with Crippen molar-refractivity contribution < 1.29 is 27.2 Å². The van der Waals surface area contributed by atoms with Gasteiger partial charge in [0.15, 0.2) is 9.84 Å². The molecule has 4 aromatic carbocycles. The van der Waals surface area contributed by atoms with E-state index in [2.05, 4.69) is 16.0 Å². The topological polar surface area (TPSA) is 126 Å². The van der Waals surface area contributed by atoms with E-state index in [-0.39, 0.29) is 34.0 Å². The summed E-state index contributed by atoms with van der Waals surface area (Å²) in [4.78, 5) is 39.4. The van der Waals surface area contributed by atoms with Gasteiger partial charge in [-0.15, -0.1) is 0 Å². The number of carbonyl (C=O) groups excluding carboxylic acids is 3. The second-order valence-electron chi connectivity index (χ2n) is 12.6. The fourth-order valence-electron chi connectivity index (χ4n) is 5.11. The Hall–Kier alpha value is -5.29. The summed E-state index contributed by atoms with van der Waals surface area (Å²) in [7, 11) is -3.38. The minimum absolute atomic E-state index is 0.0786. The predicted octanol–water partition coefficient (Wildman–Crippen LogP) is 7.11. The second kappa shape index (κ2) is 13.2. The molecule has 5 rings (SSSR count). The monoisotopic (exact) mass is 654 g/mol. The number of nitrogens with one attached hydrogen (secondary N) is 3. The molecule has 0 unspecified atom stereocenters. The first-order valence-corrected chi connectivity index (χ1v) is 16.7. The third-order valence-electron chi connectivity index (χ3n) is 7.32. The first-order chi connectivity index (χ1) is 22.2. The van der Waals surface area contributed by atoms with Crippen LogP contribution in [0.3, 0.4) is 0 Å². The summed E-state index contributed by atoms with van der Waals surface area (Å²) >= 11 is 0. The van der Waals surface area contributed by atoms with E-state index in [1.54, 1.807) is 65.2 Å². The molecule has 1 heterocycles. The maximum Gasteiger partial charge on any atom is 0.272 e. The summed E-state index contributed by atoms with van der Waals surface area (Å²) in [5.41, 5.74) is 2.72. The number of nitrogens with zero attached hydrogens (tertiary/aromatic N) is 1. The molecule has 3 amide bonds. The van der Waals surface area contributed by atoms with E-state index in [1.807, 2.05) is 20.8 Å². The highest BCUT2D eigenvalue weighted by Gasteiger charge is 2.20. The van der Waals surface area contributed by atoms with Crippen molar-refractivity contribution in [3.8, 4) is 0 Å². The van der Waals surface area contributed by atoms with Crippen LogP contribution in [0.5, 0.6) is 0 Å². The Balaban J connectivity index is 1.41. The molecule has 0 bridgehead atoms. The molecule has 11 heteroatoms. The summed E-state index contributed by atoms with van der Waals surface area (Å²) in [6, 6.07) is 25.5. The Morgan fingerprint density at radius 2 is 1.40 bits per heavy atom. The van der Waals surface area contributed by atoms with Crippen molar-refractivity contribution >= 4 is 55.5 Å². The van der Waals surface area contributed by atoms with Crippen LogP contribution in [-0.2, 0) is 21.2 Å². The van der Waals surface area contributed by atoms with Crippen LogP contribution in [0.25, 0.3) is 10.9 Å². The van der Waals surface area contributed by atoms with E-state index in [1.165, 1.54) is 36.4 Å². The summed E-state index contributed by atoms with van der Waals surface area (Å²) in [6.07, 6.45) is 1.44. The molecule has 0 aliphatic rings.